The number of carboxylic acids is 1. The molecule has 1 rings (SSSR count). The summed E-state index contributed by atoms with van der Waals surface area (Å²) in [6.07, 6.45) is 0.703. The first-order valence-electron chi connectivity index (χ1n) is 7.55. The summed E-state index contributed by atoms with van der Waals surface area (Å²) in [6, 6.07) is -0.481. The molecular formula is C14H27N3O4. The number of carboxylic acid groups (broad SMARTS) is 1. The second kappa shape index (κ2) is 8.19. The number of hydrogen-bond acceptors (Lipinski definition) is 4. The fraction of sp³-hybridized carbons (Fsp3) is 0.857. The molecule has 0 spiro atoms. The Balaban J connectivity index is 2.45. The summed E-state index contributed by atoms with van der Waals surface area (Å²) in [4.78, 5) is 25.6. The van der Waals surface area contributed by atoms with Crippen molar-refractivity contribution in [3.63, 3.8) is 0 Å². The number of morpholine rings is 1. The molecular weight excluding hydrogens is 274 g/mol. The van der Waals surface area contributed by atoms with E-state index in [0.717, 1.165) is 19.6 Å². The van der Waals surface area contributed by atoms with Gasteiger partial charge < -0.3 is 20.5 Å². The molecule has 1 atom stereocenters. The van der Waals surface area contributed by atoms with Crippen LogP contribution in [0.1, 0.15) is 33.6 Å². The van der Waals surface area contributed by atoms with Crippen molar-refractivity contribution in [1.29, 1.82) is 0 Å². The Morgan fingerprint density at radius 1 is 1.29 bits per heavy atom. The number of hydrogen-bond donors (Lipinski definition) is 3. The van der Waals surface area contributed by atoms with Crippen molar-refractivity contribution in [3.05, 3.63) is 0 Å². The highest BCUT2D eigenvalue weighted by molar-refractivity contribution is 5.86. The number of ether oxygens (including phenoxy) is 1. The smallest absolute Gasteiger partial charge is 0.329 e. The zero-order valence-electron chi connectivity index (χ0n) is 13.1. The highest BCUT2D eigenvalue weighted by atomic mass is 16.5. The molecule has 7 nitrogen and oxygen atoms in total. The van der Waals surface area contributed by atoms with E-state index in [2.05, 4.69) is 15.5 Å². The summed E-state index contributed by atoms with van der Waals surface area (Å²) < 4.78 is 5.28. The van der Waals surface area contributed by atoms with Crippen molar-refractivity contribution in [3.8, 4) is 0 Å². The van der Waals surface area contributed by atoms with Gasteiger partial charge in [0.1, 0.15) is 5.54 Å². The quantitative estimate of drug-likeness (QED) is 0.642. The van der Waals surface area contributed by atoms with Gasteiger partial charge in [-0.15, -0.1) is 0 Å². The molecule has 0 aromatic carbocycles. The van der Waals surface area contributed by atoms with Gasteiger partial charge in [0.15, 0.2) is 0 Å². The lowest BCUT2D eigenvalue weighted by Gasteiger charge is -2.31. The van der Waals surface area contributed by atoms with Crippen LogP contribution >= 0.6 is 0 Å². The zero-order chi connectivity index (χ0) is 15.9. The molecule has 1 saturated heterocycles. The van der Waals surface area contributed by atoms with E-state index in [1.165, 1.54) is 0 Å². The lowest BCUT2D eigenvalue weighted by molar-refractivity contribution is -0.144. The van der Waals surface area contributed by atoms with E-state index < -0.39 is 17.5 Å². The summed E-state index contributed by atoms with van der Waals surface area (Å²) in [7, 11) is 0. The van der Waals surface area contributed by atoms with Gasteiger partial charge in [-0.1, -0.05) is 13.8 Å². The molecule has 0 aromatic heterocycles. The molecule has 1 aliphatic rings. The minimum absolute atomic E-state index is 0.0525. The molecule has 1 fully saturated rings. The fourth-order valence-electron chi connectivity index (χ4n) is 2.48. The van der Waals surface area contributed by atoms with Crippen LogP contribution in [0.25, 0.3) is 0 Å². The number of urea groups is 1. The summed E-state index contributed by atoms with van der Waals surface area (Å²) in [6.45, 7) is 9.31. The summed E-state index contributed by atoms with van der Waals surface area (Å²) in [5.74, 6) is -0.997. The minimum atomic E-state index is -1.19. The van der Waals surface area contributed by atoms with Gasteiger partial charge in [-0.05, 0) is 19.8 Å². The van der Waals surface area contributed by atoms with Gasteiger partial charge in [0.25, 0.3) is 0 Å². The third-order valence-corrected chi connectivity index (χ3v) is 3.98. The van der Waals surface area contributed by atoms with Crippen LogP contribution in [0, 0.1) is 0 Å². The van der Waals surface area contributed by atoms with Crippen molar-refractivity contribution in [2.24, 2.45) is 0 Å². The first-order valence-corrected chi connectivity index (χ1v) is 7.55. The third kappa shape index (κ3) is 5.17. The van der Waals surface area contributed by atoms with E-state index in [4.69, 9.17) is 4.74 Å². The molecule has 122 valence electrons. The van der Waals surface area contributed by atoms with Gasteiger partial charge in [0.05, 0.1) is 13.2 Å². The molecule has 1 heterocycles. The molecule has 0 bridgehead atoms. The maximum Gasteiger partial charge on any atom is 0.329 e. The van der Waals surface area contributed by atoms with Gasteiger partial charge >= 0.3 is 12.0 Å². The van der Waals surface area contributed by atoms with Crippen molar-refractivity contribution in [2.75, 3.05) is 32.8 Å². The third-order valence-electron chi connectivity index (χ3n) is 3.98. The molecule has 3 N–H and O–H groups in total. The Bertz CT molecular complexity index is 352. The van der Waals surface area contributed by atoms with E-state index in [1.807, 2.05) is 6.92 Å². The summed E-state index contributed by atoms with van der Waals surface area (Å²) in [5, 5.41) is 14.7. The van der Waals surface area contributed by atoms with Crippen molar-refractivity contribution in [1.82, 2.24) is 15.5 Å². The number of rotatable bonds is 7. The Labute approximate surface area is 126 Å². The molecule has 1 unspecified atom stereocenters. The Morgan fingerprint density at radius 3 is 2.33 bits per heavy atom. The van der Waals surface area contributed by atoms with Crippen LogP contribution < -0.4 is 10.6 Å². The van der Waals surface area contributed by atoms with E-state index in [9.17, 15) is 14.7 Å². The maximum atomic E-state index is 12.0. The van der Waals surface area contributed by atoms with Crippen LogP contribution in [-0.4, -0.2) is 66.4 Å². The summed E-state index contributed by atoms with van der Waals surface area (Å²) in [5.41, 5.74) is -1.19. The largest absolute Gasteiger partial charge is 0.480 e. The van der Waals surface area contributed by atoms with Crippen LogP contribution in [0.15, 0.2) is 0 Å². The van der Waals surface area contributed by atoms with Crippen molar-refractivity contribution >= 4 is 12.0 Å². The zero-order valence-corrected chi connectivity index (χ0v) is 13.1. The van der Waals surface area contributed by atoms with Gasteiger partial charge in [-0.2, -0.15) is 0 Å². The molecule has 0 radical (unpaired) electrons. The second-order valence-corrected chi connectivity index (χ2v) is 5.51. The van der Waals surface area contributed by atoms with Crippen LogP contribution in [0.4, 0.5) is 4.79 Å². The van der Waals surface area contributed by atoms with Crippen LogP contribution in [0.3, 0.4) is 0 Å². The highest BCUT2D eigenvalue weighted by Crippen LogP contribution is 2.15. The van der Waals surface area contributed by atoms with E-state index in [1.54, 1.807) is 13.8 Å². The molecule has 2 amide bonds. The van der Waals surface area contributed by atoms with Crippen LogP contribution in [0.2, 0.25) is 0 Å². The summed E-state index contributed by atoms with van der Waals surface area (Å²) >= 11 is 0. The molecule has 21 heavy (non-hydrogen) atoms. The first-order chi connectivity index (χ1) is 9.93. The number of amides is 2. The molecule has 1 aliphatic heterocycles. The maximum absolute atomic E-state index is 12.0. The van der Waals surface area contributed by atoms with Crippen molar-refractivity contribution in [2.45, 2.75) is 45.2 Å². The SMILES string of the molecule is CCC(CC)(NC(=O)NC(C)CN1CCOCC1)C(=O)O. The van der Waals surface area contributed by atoms with E-state index in [-0.39, 0.29) is 6.04 Å². The number of nitrogens with one attached hydrogen (secondary N) is 2. The molecule has 0 aliphatic carbocycles. The number of carbonyl (C=O) groups is 2. The number of aliphatic carboxylic acids is 1. The fourth-order valence-corrected chi connectivity index (χ4v) is 2.48. The van der Waals surface area contributed by atoms with Gasteiger partial charge in [-0.3, -0.25) is 4.90 Å². The normalized spacial score (nSPS) is 18.0. The second-order valence-electron chi connectivity index (χ2n) is 5.51. The van der Waals surface area contributed by atoms with E-state index >= 15 is 0 Å². The van der Waals surface area contributed by atoms with Gasteiger partial charge in [-0.25, -0.2) is 9.59 Å². The Kier molecular flexibility index (Phi) is 6.91. The Morgan fingerprint density at radius 2 is 1.86 bits per heavy atom. The lowest BCUT2D eigenvalue weighted by atomic mass is 9.93. The van der Waals surface area contributed by atoms with Crippen molar-refractivity contribution < 1.29 is 19.4 Å². The molecule has 7 heteroatoms. The number of nitrogens with zero attached hydrogens (tertiary/aromatic N) is 1. The average Bonchev–Trinajstić information content (AvgIpc) is 2.45. The average molecular weight is 301 g/mol. The van der Waals surface area contributed by atoms with Gasteiger partial charge in [0.2, 0.25) is 0 Å². The lowest BCUT2D eigenvalue weighted by Crippen LogP contribution is -2.58. The number of carbonyl (C=O) groups excluding carboxylic acids is 1. The van der Waals surface area contributed by atoms with Crippen LogP contribution in [-0.2, 0) is 9.53 Å². The topological polar surface area (TPSA) is 90.9 Å². The standard InChI is InChI=1S/C14H27N3O4/c1-4-14(5-2,12(18)19)16-13(20)15-11(3)10-17-6-8-21-9-7-17/h11H,4-10H2,1-3H3,(H,18,19)(H2,15,16,20). The Hall–Kier alpha value is -1.34. The highest BCUT2D eigenvalue weighted by Gasteiger charge is 2.36. The monoisotopic (exact) mass is 301 g/mol. The molecule has 0 aromatic rings. The van der Waals surface area contributed by atoms with E-state index in [0.29, 0.717) is 26.1 Å². The first kappa shape index (κ1) is 17.7. The van der Waals surface area contributed by atoms with Crippen LogP contribution in [0.5, 0.6) is 0 Å². The predicted octanol–water partition coefficient (Wildman–Crippen LogP) is 0.650. The predicted molar refractivity (Wildman–Crippen MR) is 79.3 cm³/mol. The minimum Gasteiger partial charge on any atom is -0.480 e. The molecule has 0 saturated carbocycles. The van der Waals surface area contributed by atoms with Gasteiger partial charge in [0, 0.05) is 25.7 Å².